The molecule has 1 aromatic heterocycles. The molecule has 0 bridgehead atoms. The molecular weight excluding hydrogens is 603 g/mol. The highest BCUT2D eigenvalue weighted by Gasteiger charge is 2.62. The molecule has 0 radical (unpaired) electrons. The molecule has 1 aliphatic rings. The molecule has 6 nitrogen and oxygen atoms in total. The Hall–Kier alpha value is -3.76. The number of methoxy groups -OCH3 is 2. The summed E-state index contributed by atoms with van der Waals surface area (Å²) in [5, 5.41) is 11.4. The van der Waals surface area contributed by atoms with E-state index in [1.165, 1.54) is 0 Å². The van der Waals surface area contributed by atoms with Crippen LogP contribution in [0.2, 0.25) is 25.7 Å². The molecule has 0 amide bonds. The molecule has 0 spiro atoms. The van der Waals surface area contributed by atoms with E-state index >= 15 is 0 Å². The number of benzene rings is 4. The molecule has 0 unspecified atom stereocenters. The van der Waals surface area contributed by atoms with Crippen LogP contribution >= 0.6 is 0 Å². The van der Waals surface area contributed by atoms with Crippen molar-refractivity contribution in [1.29, 1.82) is 0 Å². The van der Waals surface area contributed by atoms with Crippen molar-refractivity contribution in [2.75, 3.05) is 14.2 Å². The Morgan fingerprint density at radius 3 is 1.32 bits per heavy atom. The van der Waals surface area contributed by atoms with Crippen molar-refractivity contribution in [3.8, 4) is 0 Å². The van der Waals surface area contributed by atoms with Crippen molar-refractivity contribution in [3.05, 3.63) is 162 Å². The van der Waals surface area contributed by atoms with E-state index in [4.69, 9.17) is 23.2 Å². The first kappa shape index (κ1) is 33.2. The number of aliphatic hydroxyl groups excluding tert-OH is 1. The highest BCUT2D eigenvalue weighted by molar-refractivity contribution is 6.76. The summed E-state index contributed by atoms with van der Waals surface area (Å²) in [6, 6.07) is 43.0. The number of hydrogen-bond donors (Lipinski definition) is 1. The van der Waals surface area contributed by atoms with Crippen molar-refractivity contribution >= 4 is 20.7 Å². The zero-order valence-electron chi connectivity index (χ0n) is 27.7. The maximum Gasteiger partial charge on any atom is 0.498 e. The average molecular weight is 647 g/mol. The minimum absolute atomic E-state index is 0.460. The smallest absolute Gasteiger partial charge is 0.467 e. The topological polar surface area (TPSA) is 70.3 Å². The van der Waals surface area contributed by atoms with E-state index in [-0.39, 0.29) is 0 Å². The summed E-state index contributed by atoms with van der Waals surface area (Å²) in [6.45, 7) is 6.69. The molecule has 242 valence electrons. The maximum atomic E-state index is 11.4. The normalized spacial score (nSPS) is 18.0. The predicted molar refractivity (Wildman–Crippen MR) is 188 cm³/mol. The lowest BCUT2D eigenvalue weighted by Crippen LogP contribution is -2.56. The van der Waals surface area contributed by atoms with Crippen LogP contribution in [0, 0.1) is 0 Å². The lowest BCUT2D eigenvalue weighted by molar-refractivity contribution is -0.136. The third kappa shape index (κ3) is 6.18. The Morgan fingerprint density at radius 1 is 0.638 bits per heavy atom. The Labute approximate surface area is 279 Å². The van der Waals surface area contributed by atoms with Crippen LogP contribution in [0.3, 0.4) is 0 Å². The molecule has 1 aliphatic heterocycles. The fraction of sp³-hybridized carbons (Fsp3) is 0.282. The first-order chi connectivity index (χ1) is 22.7. The summed E-state index contributed by atoms with van der Waals surface area (Å²) in [4.78, 5) is 0. The summed E-state index contributed by atoms with van der Waals surface area (Å²) in [7, 11) is 0.898. The van der Waals surface area contributed by atoms with Gasteiger partial charge in [0.25, 0.3) is 0 Å². The molecule has 5 aromatic rings. The summed E-state index contributed by atoms with van der Waals surface area (Å²) < 4.78 is 33.7. The van der Waals surface area contributed by atoms with Crippen LogP contribution in [0.4, 0.5) is 0 Å². The van der Waals surface area contributed by atoms with Crippen LogP contribution in [0.25, 0.3) is 0 Å². The van der Waals surface area contributed by atoms with Gasteiger partial charge in [-0.1, -0.05) is 141 Å². The average Bonchev–Trinajstić information content (AvgIpc) is 3.77. The molecule has 2 heterocycles. The molecule has 8 heteroatoms. The standard InChI is InChI=1S/C39H43BO6Si/c1-42-38(29-18-10-6-11-19-29,30-20-12-7-13-21-30)36-37(39(43-2,31-22-14-8-15-23-31)32-24-16-9-17-25-32)46-40(45-36)33-26-27-44-35(33)34(41)28-47(3,4)5/h6-27,34,36-37,41H,28H2,1-5H3/t34-,36-,37-/m1/s1. The number of aliphatic hydroxyl groups is 1. The number of rotatable bonds is 12. The summed E-state index contributed by atoms with van der Waals surface area (Å²) >= 11 is 0. The molecule has 0 saturated carbocycles. The molecule has 6 rings (SSSR count). The lowest BCUT2D eigenvalue weighted by Gasteiger charge is -2.46. The number of furan rings is 1. The monoisotopic (exact) mass is 646 g/mol. The molecule has 0 aliphatic carbocycles. The van der Waals surface area contributed by atoms with Crippen LogP contribution in [-0.2, 0) is 30.0 Å². The van der Waals surface area contributed by atoms with Gasteiger partial charge in [-0.25, -0.2) is 0 Å². The van der Waals surface area contributed by atoms with Gasteiger partial charge >= 0.3 is 7.12 Å². The Balaban J connectivity index is 1.61. The summed E-state index contributed by atoms with van der Waals surface area (Å²) in [5.41, 5.74) is 2.03. The quantitative estimate of drug-likeness (QED) is 0.143. The zero-order chi connectivity index (χ0) is 33.1. The van der Waals surface area contributed by atoms with Gasteiger partial charge in [0.1, 0.15) is 35.3 Å². The minimum Gasteiger partial charge on any atom is -0.467 e. The van der Waals surface area contributed by atoms with Gasteiger partial charge in [0, 0.05) is 27.8 Å². The molecule has 3 atom stereocenters. The Kier molecular flexibility index (Phi) is 9.71. The molecule has 4 aromatic carbocycles. The molecule has 1 N–H and O–H groups in total. The fourth-order valence-corrected chi connectivity index (χ4v) is 8.46. The van der Waals surface area contributed by atoms with Crippen molar-refractivity contribution < 1.29 is 28.3 Å². The largest absolute Gasteiger partial charge is 0.498 e. The fourth-order valence-electron chi connectivity index (χ4n) is 7.11. The molecular formula is C39H43BO6Si. The first-order valence-electron chi connectivity index (χ1n) is 16.1. The van der Waals surface area contributed by atoms with Crippen molar-refractivity contribution in [1.82, 2.24) is 0 Å². The Morgan fingerprint density at radius 2 is 1.00 bits per heavy atom. The lowest BCUT2D eigenvalue weighted by atomic mass is 9.71. The van der Waals surface area contributed by atoms with E-state index in [9.17, 15) is 5.11 Å². The number of hydrogen-bond acceptors (Lipinski definition) is 6. The maximum absolute atomic E-state index is 11.4. The van der Waals surface area contributed by atoms with Gasteiger partial charge in [0.2, 0.25) is 0 Å². The SMILES string of the molecule is COC(c1ccccc1)(c1ccccc1)[C@@H]1OB(c2ccoc2[C@H](O)C[Si](C)(C)C)O[C@H]1C(OC)(c1ccccc1)c1ccccc1. The van der Waals surface area contributed by atoms with Gasteiger partial charge in [0.15, 0.2) is 0 Å². The van der Waals surface area contributed by atoms with Crippen molar-refractivity contribution in [2.24, 2.45) is 0 Å². The van der Waals surface area contributed by atoms with E-state index in [1.54, 1.807) is 20.5 Å². The minimum atomic E-state index is -1.65. The highest BCUT2D eigenvalue weighted by atomic mass is 28.3. The van der Waals surface area contributed by atoms with Gasteiger partial charge in [0.05, 0.1) is 6.26 Å². The highest BCUT2D eigenvalue weighted by Crippen LogP contribution is 2.50. The first-order valence-corrected chi connectivity index (χ1v) is 19.8. The summed E-state index contributed by atoms with van der Waals surface area (Å²) in [6.07, 6.45) is -0.690. The van der Waals surface area contributed by atoms with Gasteiger partial charge < -0.3 is 28.3 Å². The Bertz CT molecular complexity index is 1530. The van der Waals surface area contributed by atoms with E-state index in [2.05, 4.69) is 68.2 Å². The van der Waals surface area contributed by atoms with Gasteiger partial charge in [-0.05, 0) is 34.4 Å². The van der Waals surface area contributed by atoms with E-state index in [0.29, 0.717) is 17.3 Å². The van der Waals surface area contributed by atoms with Crippen molar-refractivity contribution in [2.45, 2.75) is 55.2 Å². The second-order valence-electron chi connectivity index (χ2n) is 13.3. The van der Waals surface area contributed by atoms with Crippen LogP contribution in [-0.4, -0.2) is 46.7 Å². The van der Waals surface area contributed by atoms with E-state index in [1.807, 2.05) is 78.9 Å². The molecule has 1 fully saturated rings. The molecule has 1 saturated heterocycles. The van der Waals surface area contributed by atoms with E-state index < -0.39 is 44.7 Å². The van der Waals surface area contributed by atoms with Crippen molar-refractivity contribution in [3.63, 3.8) is 0 Å². The van der Waals surface area contributed by atoms with Crippen LogP contribution < -0.4 is 5.46 Å². The predicted octanol–water partition coefficient (Wildman–Crippen LogP) is 7.31. The van der Waals surface area contributed by atoms with Gasteiger partial charge in [-0.3, -0.25) is 0 Å². The van der Waals surface area contributed by atoms with Crippen LogP contribution in [0.15, 0.2) is 138 Å². The van der Waals surface area contributed by atoms with Gasteiger partial charge in [-0.15, -0.1) is 0 Å². The van der Waals surface area contributed by atoms with Gasteiger partial charge in [-0.2, -0.15) is 0 Å². The third-order valence-electron chi connectivity index (χ3n) is 9.16. The number of ether oxygens (including phenoxy) is 2. The zero-order valence-corrected chi connectivity index (χ0v) is 28.7. The molecule has 47 heavy (non-hydrogen) atoms. The van der Waals surface area contributed by atoms with Crippen LogP contribution in [0.5, 0.6) is 0 Å². The summed E-state index contributed by atoms with van der Waals surface area (Å²) in [5.74, 6) is 0.460. The van der Waals surface area contributed by atoms with E-state index in [0.717, 1.165) is 22.3 Å². The third-order valence-corrected chi connectivity index (χ3v) is 10.8. The second kappa shape index (κ2) is 13.8. The second-order valence-corrected chi connectivity index (χ2v) is 18.8. The van der Waals surface area contributed by atoms with Crippen LogP contribution in [0.1, 0.15) is 34.1 Å².